The molecule has 6 heteroatoms. The molecule has 1 N–H and O–H groups in total. The molecule has 3 heterocycles. The van der Waals surface area contributed by atoms with Crippen molar-refractivity contribution in [1.82, 2.24) is 14.9 Å². The average Bonchev–Trinajstić information content (AvgIpc) is 2.98. The molecule has 0 bridgehead atoms. The number of hydrogen-bond acceptors (Lipinski definition) is 3. The number of nitrogens with one attached hydrogen (secondary N) is 1. The molecule has 0 saturated heterocycles. The van der Waals surface area contributed by atoms with Crippen molar-refractivity contribution >= 4 is 17.1 Å². The number of hydrogen-bond donors (Lipinski definition) is 1. The summed E-state index contributed by atoms with van der Waals surface area (Å²) in [4.78, 5) is 21.7. The van der Waals surface area contributed by atoms with Gasteiger partial charge in [0, 0.05) is 24.0 Å². The summed E-state index contributed by atoms with van der Waals surface area (Å²) in [6.45, 7) is 0.490. The lowest BCUT2D eigenvalue weighted by atomic mass is 9.93. The molecular weight excluding hydrogens is 309 g/mol. The van der Waals surface area contributed by atoms with Crippen LogP contribution in [0.5, 0.6) is 0 Å². The second kappa shape index (κ2) is 5.63. The largest absolute Gasteiger partial charge is 0.453 e. The second-order valence-electron chi connectivity index (χ2n) is 5.79. The highest BCUT2D eigenvalue weighted by Gasteiger charge is 2.35. The van der Waals surface area contributed by atoms with Crippen LogP contribution < -0.4 is 0 Å². The van der Waals surface area contributed by atoms with E-state index in [2.05, 4.69) is 9.97 Å². The van der Waals surface area contributed by atoms with Gasteiger partial charge in [0.05, 0.1) is 18.1 Å². The Hall–Kier alpha value is -2.89. The third-order valence-corrected chi connectivity index (χ3v) is 4.45. The number of rotatable bonds is 1. The molecule has 1 aliphatic heterocycles. The van der Waals surface area contributed by atoms with Crippen LogP contribution in [0.2, 0.25) is 0 Å². The molecule has 5 nitrogen and oxygen atoms in total. The molecule has 0 fully saturated rings. The molecule has 1 amide bonds. The first-order valence-corrected chi connectivity index (χ1v) is 7.74. The number of benzene rings is 1. The van der Waals surface area contributed by atoms with Gasteiger partial charge < -0.3 is 9.72 Å². The Kier molecular flexibility index (Phi) is 3.45. The van der Waals surface area contributed by atoms with Gasteiger partial charge in [-0.3, -0.25) is 9.88 Å². The van der Waals surface area contributed by atoms with Crippen molar-refractivity contribution in [2.45, 2.75) is 12.5 Å². The van der Waals surface area contributed by atoms with E-state index in [9.17, 15) is 9.18 Å². The first-order chi connectivity index (χ1) is 11.7. The van der Waals surface area contributed by atoms with Crippen LogP contribution in [0, 0.1) is 5.82 Å². The van der Waals surface area contributed by atoms with E-state index in [1.54, 1.807) is 17.2 Å². The minimum Gasteiger partial charge on any atom is -0.453 e. The van der Waals surface area contributed by atoms with E-state index >= 15 is 0 Å². The summed E-state index contributed by atoms with van der Waals surface area (Å²) in [6.07, 6.45) is 2.00. The van der Waals surface area contributed by atoms with Crippen molar-refractivity contribution in [3.63, 3.8) is 0 Å². The number of nitrogens with zero attached hydrogens (tertiary/aromatic N) is 2. The van der Waals surface area contributed by atoms with Crippen molar-refractivity contribution in [3.05, 3.63) is 65.2 Å². The van der Waals surface area contributed by atoms with Crippen molar-refractivity contribution in [2.75, 3.05) is 13.7 Å². The molecule has 0 spiro atoms. The number of carbonyl (C=O) groups excluding carboxylic acids is 1. The SMILES string of the molecule is COC(=O)N1CCc2c([nH]c3cccnc23)C1c1cccc(F)c1. The fourth-order valence-corrected chi connectivity index (χ4v) is 3.44. The van der Waals surface area contributed by atoms with Crippen molar-refractivity contribution in [1.29, 1.82) is 0 Å². The van der Waals surface area contributed by atoms with Gasteiger partial charge in [0.1, 0.15) is 11.9 Å². The molecule has 2 aromatic heterocycles. The Bertz CT molecular complexity index is 922. The number of amides is 1. The maximum Gasteiger partial charge on any atom is 0.410 e. The van der Waals surface area contributed by atoms with E-state index in [0.717, 1.165) is 22.3 Å². The predicted molar refractivity (Wildman–Crippen MR) is 87.2 cm³/mol. The highest BCUT2D eigenvalue weighted by atomic mass is 19.1. The van der Waals surface area contributed by atoms with Gasteiger partial charge in [-0.15, -0.1) is 0 Å². The molecule has 24 heavy (non-hydrogen) atoms. The molecule has 4 rings (SSSR count). The minimum atomic E-state index is -0.429. The quantitative estimate of drug-likeness (QED) is 0.746. The van der Waals surface area contributed by atoms with Crippen LogP contribution in [0.3, 0.4) is 0 Å². The fourth-order valence-electron chi connectivity index (χ4n) is 3.44. The zero-order chi connectivity index (χ0) is 16.7. The number of methoxy groups -OCH3 is 1. The van der Waals surface area contributed by atoms with E-state index in [4.69, 9.17) is 4.74 Å². The van der Waals surface area contributed by atoms with Crippen LogP contribution in [0.4, 0.5) is 9.18 Å². The summed E-state index contributed by atoms with van der Waals surface area (Å²) in [5, 5.41) is 0. The Labute approximate surface area is 138 Å². The highest BCUT2D eigenvalue weighted by Crippen LogP contribution is 2.38. The third-order valence-electron chi connectivity index (χ3n) is 4.45. The van der Waals surface area contributed by atoms with Crippen LogP contribution in [-0.4, -0.2) is 34.6 Å². The van der Waals surface area contributed by atoms with Gasteiger partial charge in [0.2, 0.25) is 0 Å². The van der Waals surface area contributed by atoms with Gasteiger partial charge in [-0.25, -0.2) is 9.18 Å². The molecule has 1 aliphatic rings. The van der Waals surface area contributed by atoms with Gasteiger partial charge in [-0.05, 0) is 36.2 Å². The minimum absolute atomic E-state index is 0.335. The van der Waals surface area contributed by atoms with E-state index in [-0.39, 0.29) is 5.82 Å². The van der Waals surface area contributed by atoms with E-state index in [0.29, 0.717) is 18.5 Å². The highest BCUT2D eigenvalue weighted by molar-refractivity contribution is 5.82. The van der Waals surface area contributed by atoms with Gasteiger partial charge >= 0.3 is 6.09 Å². The maximum absolute atomic E-state index is 13.8. The molecule has 1 unspecified atom stereocenters. The Morgan fingerprint density at radius 3 is 3.04 bits per heavy atom. The number of aromatic nitrogens is 2. The van der Waals surface area contributed by atoms with Crippen LogP contribution in [0.15, 0.2) is 42.6 Å². The smallest absolute Gasteiger partial charge is 0.410 e. The van der Waals surface area contributed by atoms with Crippen molar-refractivity contribution in [3.8, 4) is 0 Å². The summed E-state index contributed by atoms with van der Waals surface area (Å²) in [7, 11) is 1.35. The van der Waals surface area contributed by atoms with E-state index in [1.807, 2.05) is 18.2 Å². The normalized spacial score (nSPS) is 16.9. The first-order valence-electron chi connectivity index (χ1n) is 7.74. The number of aromatic amines is 1. The Morgan fingerprint density at radius 1 is 1.38 bits per heavy atom. The number of ether oxygens (including phenoxy) is 1. The molecule has 0 saturated carbocycles. The summed E-state index contributed by atoms with van der Waals surface area (Å²) in [6, 6.07) is 9.70. The zero-order valence-electron chi connectivity index (χ0n) is 13.1. The topological polar surface area (TPSA) is 58.2 Å². The zero-order valence-corrected chi connectivity index (χ0v) is 13.1. The van der Waals surface area contributed by atoms with Gasteiger partial charge in [-0.1, -0.05) is 12.1 Å². The first kappa shape index (κ1) is 14.7. The fraction of sp³-hybridized carbons (Fsp3) is 0.222. The van der Waals surface area contributed by atoms with Gasteiger partial charge in [-0.2, -0.15) is 0 Å². The third kappa shape index (κ3) is 2.22. The van der Waals surface area contributed by atoms with Crippen LogP contribution in [0.1, 0.15) is 22.9 Å². The molecule has 3 aromatic rings. The van der Waals surface area contributed by atoms with E-state index < -0.39 is 12.1 Å². The summed E-state index contributed by atoms with van der Waals surface area (Å²) in [5.74, 6) is -0.335. The van der Waals surface area contributed by atoms with Crippen LogP contribution in [0.25, 0.3) is 11.0 Å². The van der Waals surface area contributed by atoms with Gasteiger partial charge in [0.15, 0.2) is 0 Å². The standard InChI is InChI=1S/C18H16FN3O2/c1-24-18(23)22-9-7-13-15-14(6-3-8-20-15)21-16(13)17(22)11-4-2-5-12(19)10-11/h2-6,8,10,17,21H,7,9H2,1H3. The lowest BCUT2D eigenvalue weighted by Gasteiger charge is -2.34. The second-order valence-corrected chi connectivity index (χ2v) is 5.79. The summed E-state index contributed by atoms with van der Waals surface area (Å²) < 4.78 is 18.7. The van der Waals surface area contributed by atoms with Crippen LogP contribution in [-0.2, 0) is 11.2 Å². The Balaban J connectivity index is 1.92. The van der Waals surface area contributed by atoms with Crippen LogP contribution >= 0.6 is 0 Å². The Morgan fingerprint density at radius 2 is 2.25 bits per heavy atom. The predicted octanol–water partition coefficient (Wildman–Crippen LogP) is 3.42. The number of fused-ring (bicyclic) bond motifs is 3. The number of halogens is 1. The molecule has 1 aromatic carbocycles. The van der Waals surface area contributed by atoms with E-state index in [1.165, 1.54) is 19.2 Å². The number of pyridine rings is 1. The maximum atomic E-state index is 13.8. The monoisotopic (exact) mass is 325 g/mol. The number of H-pyrrole nitrogens is 1. The lowest BCUT2D eigenvalue weighted by Crippen LogP contribution is -2.40. The molecule has 0 radical (unpaired) electrons. The molecule has 1 atom stereocenters. The number of carbonyl (C=O) groups is 1. The van der Waals surface area contributed by atoms with Crippen molar-refractivity contribution < 1.29 is 13.9 Å². The summed E-state index contributed by atoms with van der Waals surface area (Å²) >= 11 is 0. The summed E-state index contributed by atoms with van der Waals surface area (Å²) in [5.41, 5.74) is 4.45. The van der Waals surface area contributed by atoms with Crippen molar-refractivity contribution in [2.24, 2.45) is 0 Å². The molecule has 122 valence electrons. The van der Waals surface area contributed by atoms with Gasteiger partial charge in [0.25, 0.3) is 0 Å². The average molecular weight is 325 g/mol. The lowest BCUT2D eigenvalue weighted by molar-refractivity contribution is 0.108. The molecular formula is C18H16FN3O2. The molecule has 0 aliphatic carbocycles.